The molecular formula is C23H52. The Morgan fingerprint density at radius 3 is 0.913 bits per heavy atom. The summed E-state index contributed by atoms with van der Waals surface area (Å²) in [6, 6.07) is 0. The fourth-order valence-corrected chi connectivity index (χ4v) is 2.32. The van der Waals surface area contributed by atoms with Crippen LogP contribution in [0.25, 0.3) is 0 Å². The van der Waals surface area contributed by atoms with Gasteiger partial charge < -0.3 is 0 Å². The van der Waals surface area contributed by atoms with Crippen LogP contribution < -0.4 is 0 Å². The van der Waals surface area contributed by atoms with E-state index in [-0.39, 0.29) is 0 Å². The third-order valence-electron chi connectivity index (χ3n) is 3.77. The lowest BCUT2D eigenvalue weighted by Crippen LogP contribution is -1.90. The Balaban J connectivity index is -0.000000301. The first kappa shape index (κ1) is 27.8. The second kappa shape index (κ2) is 26.9. The zero-order chi connectivity index (χ0) is 18.3. The van der Waals surface area contributed by atoms with Gasteiger partial charge in [0.1, 0.15) is 0 Å². The quantitative estimate of drug-likeness (QED) is 0.313. The van der Waals surface area contributed by atoms with Crippen molar-refractivity contribution in [1.29, 1.82) is 0 Å². The van der Waals surface area contributed by atoms with Gasteiger partial charge in [-0.2, -0.15) is 0 Å². The molecule has 0 aliphatic heterocycles. The monoisotopic (exact) mass is 328 g/mol. The van der Waals surface area contributed by atoms with Crippen LogP contribution in [-0.2, 0) is 0 Å². The van der Waals surface area contributed by atoms with Crippen molar-refractivity contribution < 1.29 is 0 Å². The van der Waals surface area contributed by atoms with E-state index in [4.69, 9.17) is 0 Å². The minimum absolute atomic E-state index is 0.892. The molecule has 0 saturated heterocycles. The van der Waals surface area contributed by atoms with Crippen LogP contribution in [0.1, 0.15) is 139 Å². The molecule has 0 atom stereocenters. The smallest absolute Gasteiger partial charge is 0.0471 e. The normalized spacial score (nSPS) is 10.2. The van der Waals surface area contributed by atoms with E-state index in [1.54, 1.807) is 0 Å². The summed E-state index contributed by atoms with van der Waals surface area (Å²) in [7, 11) is 0. The van der Waals surface area contributed by atoms with Gasteiger partial charge >= 0.3 is 0 Å². The van der Waals surface area contributed by atoms with Crippen LogP contribution in [0.4, 0.5) is 0 Å². The summed E-state index contributed by atoms with van der Waals surface area (Å²) in [5.41, 5.74) is 0. The van der Waals surface area contributed by atoms with E-state index in [1.807, 2.05) is 0 Å². The number of hydrogen-bond donors (Lipinski definition) is 0. The first-order valence-electron chi connectivity index (χ1n) is 11.0. The maximum atomic E-state index is 2.29. The van der Waals surface area contributed by atoms with Crippen LogP contribution in [0.15, 0.2) is 0 Å². The highest BCUT2D eigenvalue weighted by atomic mass is 14.0. The minimum Gasteiger partial charge on any atom is -0.0656 e. The van der Waals surface area contributed by atoms with Gasteiger partial charge in [-0.05, 0) is 11.8 Å². The summed E-state index contributed by atoms with van der Waals surface area (Å²) >= 11 is 0. The molecule has 0 spiro atoms. The van der Waals surface area contributed by atoms with Gasteiger partial charge in [0.15, 0.2) is 0 Å². The van der Waals surface area contributed by atoms with Crippen molar-refractivity contribution >= 4 is 0 Å². The molecule has 144 valence electrons. The molecule has 0 nitrogen and oxygen atoms in total. The van der Waals surface area contributed by atoms with Crippen LogP contribution in [0, 0.1) is 11.8 Å². The Morgan fingerprint density at radius 2 is 0.696 bits per heavy atom. The van der Waals surface area contributed by atoms with Gasteiger partial charge in [0, 0.05) is 0 Å². The van der Waals surface area contributed by atoms with Gasteiger partial charge in [0.05, 0.1) is 0 Å². The van der Waals surface area contributed by atoms with Crippen LogP contribution in [-0.4, -0.2) is 0 Å². The molecule has 0 aliphatic carbocycles. The van der Waals surface area contributed by atoms with E-state index in [0.29, 0.717) is 0 Å². The highest BCUT2D eigenvalue weighted by Crippen LogP contribution is 2.11. The Kier molecular flexibility index (Phi) is 32.5. The molecule has 23 heavy (non-hydrogen) atoms. The Labute approximate surface area is 151 Å². The van der Waals surface area contributed by atoms with E-state index in [9.17, 15) is 0 Å². The van der Waals surface area contributed by atoms with Crippen molar-refractivity contribution in [1.82, 2.24) is 0 Å². The number of hydrogen-bond acceptors (Lipinski definition) is 0. The van der Waals surface area contributed by atoms with E-state index in [1.165, 1.54) is 83.5 Å². The average Bonchev–Trinajstić information content (AvgIpc) is 2.47. The molecule has 0 aromatic rings. The molecule has 0 radical (unpaired) electrons. The third-order valence-corrected chi connectivity index (χ3v) is 3.77. The third kappa shape index (κ3) is 44.9. The molecule has 0 heterocycles. The van der Waals surface area contributed by atoms with Crippen LogP contribution in [0.5, 0.6) is 0 Å². The van der Waals surface area contributed by atoms with Gasteiger partial charge in [-0.25, -0.2) is 0 Å². The molecular weight excluding hydrogens is 276 g/mol. The topological polar surface area (TPSA) is 0 Å². The van der Waals surface area contributed by atoms with Gasteiger partial charge in [0.25, 0.3) is 0 Å². The lowest BCUT2D eigenvalue weighted by atomic mass is 10.0. The van der Waals surface area contributed by atoms with Crippen molar-refractivity contribution in [2.75, 3.05) is 0 Å². The first-order valence-corrected chi connectivity index (χ1v) is 11.0. The standard InChI is InChI=1S/C11H24.C9H20.C3H8/c1-3-5-7-9-11-10-8-6-4-2;1-8(2)6-5-7-9(3)4;1-3-2/h3-11H2,1-2H3;8-9H,5-7H2,1-4H3;3H2,1-2H3. The Hall–Kier alpha value is 0. The molecule has 0 aliphatic rings. The van der Waals surface area contributed by atoms with Crippen molar-refractivity contribution in [3.8, 4) is 0 Å². The molecule has 0 rings (SSSR count). The number of unbranched alkanes of at least 4 members (excludes halogenated alkanes) is 8. The van der Waals surface area contributed by atoms with Gasteiger partial charge in [-0.15, -0.1) is 0 Å². The zero-order valence-electron chi connectivity index (χ0n) is 18.3. The van der Waals surface area contributed by atoms with Crippen molar-refractivity contribution in [3.05, 3.63) is 0 Å². The summed E-state index contributed by atoms with van der Waals surface area (Å²) < 4.78 is 0. The SMILES string of the molecule is CC(C)CCCC(C)C.CCC.CCCCCCCCCCC. The van der Waals surface area contributed by atoms with E-state index < -0.39 is 0 Å². The predicted molar refractivity (Wildman–Crippen MR) is 112 cm³/mol. The maximum Gasteiger partial charge on any atom is -0.0471 e. The van der Waals surface area contributed by atoms with E-state index >= 15 is 0 Å². The summed E-state index contributed by atoms with van der Waals surface area (Å²) in [6.45, 7) is 18.0. The summed E-state index contributed by atoms with van der Waals surface area (Å²) in [5, 5.41) is 0. The molecule has 0 aromatic heterocycles. The largest absolute Gasteiger partial charge is 0.0656 e. The minimum atomic E-state index is 0.892. The number of rotatable bonds is 12. The summed E-state index contributed by atoms with van der Waals surface area (Å²) in [4.78, 5) is 0. The zero-order valence-corrected chi connectivity index (χ0v) is 18.3. The molecule has 0 amide bonds. The van der Waals surface area contributed by atoms with Gasteiger partial charge in [0.2, 0.25) is 0 Å². The molecule has 0 heteroatoms. The lowest BCUT2D eigenvalue weighted by molar-refractivity contribution is 0.480. The Bertz CT molecular complexity index is 141. The van der Waals surface area contributed by atoms with Gasteiger partial charge in [-0.1, -0.05) is 139 Å². The first-order chi connectivity index (χ1) is 11.0. The molecule has 0 saturated carbocycles. The predicted octanol–water partition coefficient (Wildman–Crippen LogP) is 9.42. The highest BCUT2D eigenvalue weighted by molar-refractivity contribution is 4.49. The van der Waals surface area contributed by atoms with Crippen LogP contribution >= 0.6 is 0 Å². The summed E-state index contributed by atoms with van der Waals surface area (Å²) in [5.74, 6) is 1.78. The van der Waals surface area contributed by atoms with Gasteiger partial charge in [-0.3, -0.25) is 0 Å². The van der Waals surface area contributed by atoms with E-state index in [2.05, 4.69) is 55.4 Å². The summed E-state index contributed by atoms with van der Waals surface area (Å²) in [6.07, 6.45) is 18.4. The molecule has 0 unspecified atom stereocenters. The lowest BCUT2D eigenvalue weighted by Gasteiger charge is -2.05. The molecule has 0 bridgehead atoms. The second-order valence-corrected chi connectivity index (χ2v) is 7.90. The molecule has 0 aromatic carbocycles. The maximum absolute atomic E-state index is 2.29. The second-order valence-electron chi connectivity index (χ2n) is 7.90. The fraction of sp³-hybridized carbons (Fsp3) is 1.00. The molecule has 0 fully saturated rings. The average molecular weight is 329 g/mol. The van der Waals surface area contributed by atoms with Crippen molar-refractivity contribution in [3.63, 3.8) is 0 Å². The molecule has 0 N–H and O–H groups in total. The van der Waals surface area contributed by atoms with E-state index in [0.717, 1.165) is 11.8 Å². The van der Waals surface area contributed by atoms with Crippen molar-refractivity contribution in [2.24, 2.45) is 11.8 Å². The van der Waals surface area contributed by atoms with Crippen LogP contribution in [0.3, 0.4) is 0 Å². The Morgan fingerprint density at radius 1 is 0.435 bits per heavy atom. The van der Waals surface area contributed by atoms with Crippen molar-refractivity contribution in [2.45, 2.75) is 139 Å². The highest BCUT2D eigenvalue weighted by Gasteiger charge is 1.95. The van der Waals surface area contributed by atoms with Crippen LogP contribution in [0.2, 0.25) is 0 Å². The fourth-order valence-electron chi connectivity index (χ4n) is 2.32.